The second kappa shape index (κ2) is 8.93. The van der Waals surface area contributed by atoms with E-state index in [-0.39, 0.29) is 29.8 Å². The Kier molecular flexibility index (Phi) is 6.11. The summed E-state index contributed by atoms with van der Waals surface area (Å²) in [6.45, 7) is 5.20. The number of aromatic nitrogens is 1. The van der Waals surface area contributed by atoms with Crippen molar-refractivity contribution in [3.63, 3.8) is 0 Å². The Hall–Kier alpha value is -2.77. The highest BCUT2D eigenvalue weighted by Crippen LogP contribution is 2.25. The van der Waals surface area contributed by atoms with Crippen LogP contribution in [0.5, 0.6) is 0 Å². The third-order valence-electron chi connectivity index (χ3n) is 6.05. The summed E-state index contributed by atoms with van der Waals surface area (Å²) in [5, 5.41) is 3.05. The Balaban J connectivity index is 1.35. The highest BCUT2D eigenvalue weighted by molar-refractivity contribution is 5.94. The number of hydrazine groups is 1. The molecule has 0 saturated carbocycles. The number of hydrogen-bond donors (Lipinski definition) is 3. The molecule has 158 valence electrons. The topological polar surface area (TPSA) is 86.4 Å². The van der Waals surface area contributed by atoms with Gasteiger partial charge >= 0.3 is 0 Å². The SMILES string of the molecule is Cc1ccc(NC(=O)C2CCCN(C(=O)C3CC(c4ccncc4)NN3)C2)c(C)c1. The van der Waals surface area contributed by atoms with Crippen LogP contribution in [0.3, 0.4) is 0 Å². The summed E-state index contributed by atoms with van der Waals surface area (Å²) in [7, 11) is 0. The molecular weight excluding hydrogens is 378 g/mol. The molecule has 0 aliphatic carbocycles. The first kappa shape index (κ1) is 20.5. The minimum atomic E-state index is -0.288. The number of nitrogens with one attached hydrogen (secondary N) is 3. The number of likely N-dealkylation sites (tertiary alicyclic amines) is 1. The number of aryl methyl sites for hydroxylation is 2. The van der Waals surface area contributed by atoms with E-state index in [0.29, 0.717) is 19.5 Å². The fourth-order valence-electron chi connectivity index (χ4n) is 4.33. The van der Waals surface area contributed by atoms with Crippen LogP contribution in [0.4, 0.5) is 5.69 Å². The first-order valence-electron chi connectivity index (χ1n) is 10.6. The van der Waals surface area contributed by atoms with Gasteiger partial charge in [-0.05, 0) is 62.4 Å². The van der Waals surface area contributed by atoms with Crippen LogP contribution in [0.25, 0.3) is 0 Å². The van der Waals surface area contributed by atoms with Gasteiger partial charge in [0, 0.05) is 37.2 Å². The molecule has 1 aromatic heterocycles. The third-order valence-corrected chi connectivity index (χ3v) is 6.05. The molecule has 2 aromatic rings. The Labute approximate surface area is 177 Å². The summed E-state index contributed by atoms with van der Waals surface area (Å²) in [6.07, 6.45) is 5.84. The highest BCUT2D eigenvalue weighted by Gasteiger charge is 2.36. The molecule has 2 amide bonds. The van der Waals surface area contributed by atoms with Crippen molar-refractivity contribution in [1.82, 2.24) is 20.7 Å². The van der Waals surface area contributed by atoms with E-state index in [4.69, 9.17) is 0 Å². The zero-order valence-electron chi connectivity index (χ0n) is 17.5. The normalized spacial score (nSPS) is 23.9. The third kappa shape index (κ3) is 4.52. The van der Waals surface area contributed by atoms with Crippen LogP contribution in [0, 0.1) is 19.8 Å². The lowest BCUT2D eigenvalue weighted by molar-refractivity contribution is -0.136. The zero-order chi connectivity index (χ0) is 21.1. The maximum absolute atomic E-state index is 13.1. The predicted molar refractivity (Wildman–Crippen MR) is 116 cm³/mol. The summed E-state index contributed by atoms with van der Waals surface area (Å²) in [4.78, 5) is 31.8. The number of pyridine rings is 1. The van der Waals surface area contributed by atoms with E-state index in [2.05, 4.69) is 27.2 Å². The Morgan fingerprint density at radius 3 is 2.70 bits per heavy atom. The van der Waals surface area contributed by atoms with E-state index in [9.17, 15) is 9.59 Å². The summed E-state index contributed by atoms with van der Waals surface area (Å²) in [5.74, 6) is -0.136. The van der Waals surface area contributed by atoms with Crippen LogP contribution in [-0.4, -0.2) is 40.8 Å². The lowest BCUT2D eigenvalue weighted by Gasteiger charge is -2.33. The molecule has 3 N–H and O–H groups in total. The largest absolute Gasteiger partial charge is 0.341 e. The molecule has 7 nitrogen and oxygen atoms in total. The van der Waals surface area contributed by atoms with Crippen molar-refractivity contribution in [2.24, 2.45) is 5.92 Å². The van der Waals surface area contributed by atoms with Crippen LogP contribution >= 0.6 is 0 Å². The highest BCUT2D eigenvalue weighted by atomic mass is 16.2. The fraction of sp³-hybridized carbons (Fsp3) is 0.435. The van der Waals surface area contributed by atoms with E-state index in [1.54, 1.807) is 12.4 Å². The first-order chi connectivity index (χ1) is 14.5. The molecule has 3 heterocycles. The van der Waals surface area contributed by atoms with Gasteiger partial charge in [-0.2, -0.15) is 0 Å². The van der Waals surface area contributed by atoms with Gasteiger partial charge in [-0.25, -0.2) is 10.9 Å². The Bertz CT molecular complexity index is 917. The molecule has 0 radical (unpaired) electrons. The first-order valence-corrected chi connectivity index (χ1v) is 10.6. The molecule has 2 aliphatic rings. The van der Waals surface area contributed by atoms with Crippen molar-refractivity contribution in [2.45, 2.75) is 45.2 Å². The minimum Gasteiger partial charge on any atom is -0.341 e. The average Bonchev–Trinajstić information content (AvgIpc) is 3.26. The summed E-state index contributed by atoms with van der Waals surface area (Å²) < 4.78 is 0. The Morgan fingerprint density at radius 1 is 1.13 bits per heavy atom. The van der Waals surface area contributed by atoms with Crippen molar-refractivity contribution in [3.05, 3.63) is 59.4 Å². The Morgan fingerprint density at radius 2 is 1.93 bits per heavy atom. The number of rotatable bonds is 4. The van der Waals surface area contributed by atoms with Crippen molar-refractivity contribution in [2.75, 3.05) is 18.4 Å². The van der Waals surface area contributed by atoms with Crippen LogP contribution in [0.15, 0.2) is 42.7 Å². The minimum absolute atomic E-state index is 0.00776. The van der Waals surface area contributed by atoms with Gasteiger partial charge in [0.15, 0.2) is 0 Å². The summed E-state index contributed by atoms with van der Waals surface area (Å²) >= 11 is 0. The molecule has 0 bridgehead atoms. The van der Waals surface area contributed by atoms with Gasteiger partial charge in [0.1, 0.15) is 6.04 Å². The number of benzene rings is 1. The van der Waals surface area contributed by atoms with Crippen molar-refractivity contribution in [3.8, 4) is 0 Å². The van der Waals surface area contributed by atoms with Crippen molar-refractivity contribution < 1.29 is 9.59 Å². The van der Waals surface area contributed by atoms with Gasteiger partial charge < -0.3 is 10.2 Å². The number of hydrogen-bond acceptors (Lipinski definition) is 5. The molecule has 7 heteroatoms. The maximum atomic E-state index is 13.1. The van der Waals surface area contributed by atoms with Crippen LogP contribution in [0.1, 0.15) is 42.0 Å². The maximum Gasteiger partial charge on any atom is 0.241 e. The summed E-state index contributed by atoms with van der Waals surface area (Å²) in [5.41, 5.74) is 10.5. The van der Waals surface area contributed by atoms with Gasteiger partial charge in [0.2, 0.25) is 11.8 Å². The molecular formula is C23H29N5O2. The molecule has 2 aliphatic heterocycles. The number of piperidine rings is 1. The lowest BCUT2D eigenvalue weighted by atomic mass is 9.95. The van der Waals surface area contributed by atoms with E-state index >= 15 is 0 Å². The second-order valence-electron chi connectivity index (χ2n) is 8.34. The van der Waals surface area contributed by atoms with Gasteiger partial charge in [0.25, 0.3) is 0 Å². The molecule has 0 spiro atoms. The molecule has 1 aromatic carbocycles. The van der Waals surface area contributed by atoms with Crippen LogP contribution in [0.2, 0.25) is 0 Å². The van der Waals surface area contributed by atoms with E-state index in [0.717, 1.165) is 29.7 Å². The fourth-order valence-corrected chi connectivity index (χ4v) is 4.33. The van der Waals surface area contributed by atoms with Crippen molar-refractivity contribution >= 4 is 17.5 Å². The van der Waals surface area contributed by atoms with Gasteiger partial charge in [-0.15, -0.1) is 0 Å². The lowest BCUT2D eigenvalue weighted by Crippen LogP contribution is -2.50. The predicted octanol–water partition coefficient (Wildman–Crippen LogP) is 2.48. The van der Waals surface area contributed by atoms with Gasteiger partial charge in [0.05, 0.1) is 5.92 Å². The molecule has 4 rings (SSSR count). The number of amides is 2. The molecule has 30 heavy (non-hydrogen) atoms. The number of carbonyl (C=O) groups excluding carboxylic acids is 2. The van der Waals surface area contributed by atoms with Gasteiger partial charge in [-0.1, -0.05) is 17.7 Å². The monoisotopic (exact) mass is 407 g/mol. The van der Waals surface area contributed by atoms with E-state index in [1.165, 1.54) is 5.56 Å². The smallest absolute Gasteiger partial charge is 0.241 e. The van der Waals surface area contributed by atoms with Crippen LogP contribution in [-0.2, 0) is 9.59 Å². The molecule has 2 fully saturated rings. The molecule has 2 saturated heterocycles. The van der Waals surface area contributed by atoms with Crippen molar-refractivity contribution in [1.29, 1.82) is 0 Å². The van der Waals surface area contributed by atoms with E-state index in [1.807, 2.05) is 43.0 Å². The molecule has 3 atom stereocenters. The molecule has 3 unspecified atom stereocenters. The number of anilines is 1. The average molecular weight is 408 g/mol. The standard InChI is InChI=1S/C23H29N5O2/c1-15-5-6-19(16(2)12-15)25-22(29)18-4-3-11-28(14-18)23(30)21-13-20(26-27-21)17-7-9-24-10-8-17/h5-10,12,18,20-21,26-27H,3-4,11,13-14H2,1-2H3,(H,25,29). The number of nitrogens with zero attached hydrogens (tertiary/aromatic N) is 2. The number of carbonyl (C=O) groups is 2. The van der Waals surface area contributed by atoms with Gasteiger partial charge in [-0.3, -0.25) is 14.6 Å². The zero-order valence-corrected chi connectivity index (χ0v) is 17.5. The summed E-state index contributed by atoms with van der Waals surface area (Å²) in [6, 6.07) is 9.71. The quantitative estimate of drug-likeness (QED) is 0.725. The van der Waals surface area contributed by atoms with E-state index < -0.39 is 0 Å². The second-order valence-corrected chi connectivity index (χ2v) is 8.34. The van der Waals surface area contributed by atoms with Crippen LogP contribution < -0.4 is 16.2 Å².